The zero-order chi connectivity index (χ0) is 9.42. The van der Waals surface area contributed by atoms with E-state index in [4.69, 9.17) is 0 Å². The van der Waals surface area contributed by atoms with Crippen molar-refractivity contribution >= 4 is 11.9 Å². The van der Waals surface area contributed by atoms with Crippen LogP contribution >= 0.6 is 0 Å². The van der Waals surface area contributed by atoms with E-state index < -0.39 is 11.9 Å². The Hall–Kier alpha value is -0.900. The summed E-state index contributed by atoms with van der Waals surface area (Å²) in [6.45, 7) is 2.70. The van der Waals surface area contributed by atoms with Gasteiger partial charge in [-0.05, 0) is 12.3 Å². The third-order valence-electron chi connectivity index (χ3n) is 2.77. The molecule has 1 aliphatic carbocycles. The van der Waals surface area contributed by atoms with Gasteiger partial charge in [0.15, 0.2) is 0 Å². The lowest BCUT2D eigenvalue weighted by atomic mass is 10.3. The van der Waals surface area contributed by atoms with E-state index >= 15 is 0 Å². The number of esters is 2. The predicted molar refractivity (Wildman–Crippen MR) is 44.9 cm³/mol. The number of rotatable bonds is 2. The number of cyclic esters (lactones) is 2. The molecule has 0 aromatic heterocycles. The molecule has 72 valence electrons. The number of carbonyl (C=O) groups excluding carboxylic acids is 2. The highest BCUT2D eigenvalue weighted by Crippen LogP contribution is 2.38. The van der Waals surface area contributed by atoms with Gasteiger partial charge in [-0.15, -0.1) is 0 Å². The summed E-state index contributed by atoms with van der Waals surface area (Å²) in [6, 6.07) is 0.446. The van der Waals surface area contributed by atoms with Crippen LogP contribution in [0, 0.1) is 5.92 Å². The molecular formula is C9H13NO3. The van der Waals surface area contributed by atoms with Gasteiger partial charge in [0.1, 0.15) is 0 Å². The first-order chi connectivity index (χ1) is 6.20. The predicted octanol–water partition coefficient (Wildman–Crippen LogP) is 0.170. The molecule has 1 heterocycles. The van der Waals surface area contributed by atoms with E-state index in [1.54, 1.807) is 0 Å². The van der Waals surface area contributed by atoms with Crippen molar-refractivity contribution in [3.8, 4) is 0 Å². The van der Waals surface area contributed by atoms with Gasteiger partial charge < -0.3 is 4.74 Å². The Labute approximate surface area is 76.8 Å². The number of hydrogen-bond acceptors (Lipinski definition) is 4. The molecular weight excluding hydrogens is 170 g/mol. The third kappa shape index (κ3) is 1.72. The Balaban J connectivity index is 1.93. The van der Waals surface area contributed by atoms with Crippen molar-refractivity contribution in [2.45, 2.75) is 25.8 Å². The van der Waals surface area contributed by atoms with Crippen LogP contribution in [0.4, 0.5) is 0 Å². The van der Waals surface area contributed by atoms with Crippen molar-refractivity contribution in [2.75, 3.05) is 13.1 Å². The van der Waals surface area contributed by atoms with Crippen molar-refractivity contribution in [3.63, 3.8) is 0 Å². The zero-order valence-electron chi connectivity index (χ0n) is 7.66. The Kier molecular flexibility index (Phi) is 2.07. The molecule has 1 saturated heterocycles. The molecule has 0 amide bonds. The van der Waals surface area contributed by atoms with Gasteiger partial charge in [-0.1, -0.05) is 13.3 Å². The van der Waals surface area contributed by atoms with Gasteiger partial charge >= 0.3 is 11.9 Å². The summed E-state index contributed by atoms with van der Waals surface area (Å²) in [5, 5.41) is 0. The molecule has 13 heavy (non-hydrogen) atoms. The van der Waals surface area contributed by atoms with Gasteiger partial charge in [0.25, 0.3) is 0 Å². The largest absolute Gasteiger partial charge is 0.391 e. The Morgan fingerprint density at radius 1 is 1.38 bits per heavy atom. The summed E-state index contributed by atoms with van der Waals surface area (Å²) in [6.07, 6.45) is 2.25. The van der Waals surface area contributed by atoms with Gasteiger partial charge in [-0.3, -0.25) is 14.5 Å². The summed E-state index contributed by atoms with van der Waals surface area (Å²) in [4.78, 5) is 23.8. The standard InChI is InChI=1S/C9H13NO3/c1-2-6-3-7(6)10-4-8(11)13-9(12)5-10/h6-7H,2-5H2,1H3. The minimum Gasteiger partial charge on any atom is -0.391 e. The molecule has 2 fully saturated rings. The number of carbonyl (C=O) groups is 2. The molecule has 0 aromatic rings. The van der Waals surface area contributed by atoms with E-state index in [0.717, 1.165) is 12.8 Å². The van der Waals surface area contributed by atoms with E-state index in [2.05, 4.69) is 11.7 Å². The fraction of sp³-hybridized carbons (Fsp3) is 0.778. The van der Waals surface area contributed by atoms with Crippen molar-refractivity contribution in [2.24, 2.45) is 5.92 Å². The molecule has 0 N–H and O–H groups in total. The summed E-state index contributed by atoms with van der Waals surface area (Å²) >= 11 is 0. The molecule has 2 atom stereocenters. The van der Waals surface area contributed by atoms with Gasteiger partial charge in [-0.2, -0.15) is 0 Å². The molecule has 2 aliphatic rings. The highest BCUT2D eigenvalue weighted by atomic mass is 16.6. The van der Waals surface area contributed by atoms with Crippen LogP contribution in [0.1, 0.15) is 19.8 Å². The highest BCUT2D eigenvalue weighted by Gasteiger charge is 2.43. The molecule has 4 heteroatoms. The fourth-order valence-corrected chi connectivity index (χ4v) is 1.93. The van der Waals surface area contributed by atoms with Gasteiger partial charge in [0, 0.05) is 6.04 Å². The Morgan fingerprint density at radius 2 is 2.00 bits per heavy atom. The second-order valence-electron chi connectivity index (χ2n) is 3.72. The Morgan fingerprint density at radius 3 is 2.46 bits per heavy atom. The van der Waals surface area contributed by atoms with Crippen LogP contribution in [0.15, 0.2) is 0 Å². The fourth-order valence-electron chi connectivity index (χ4n) is 1.93. The minimum absolute atomic E-state index is 0.285. The number of hydrogen-bond donors (Lipinski definition) is 0. The average Bonchev–Trinajstić information content (AvgIpc) is 2.80. The molecule has 1 saturated carbocycles. The second kappa shape index (κ2) is 3.10. The molecule has 0 bridgehead atoms. The van der Waals surface area contributed by atoms with Crippen LogP contribution in [-0.4, -0.2) is 36.0 Å². The lowest BCUT2D eigenvalue weighted by Gasteiger charge is -2.24. The van der Waals surface area contributed by atoms with E-state index in [0.29, 0.717) is 12.0 Å². The van der Waals surface area contributed by atoms with Crippen LogP contribution in [0.2, 0.25) is 0 Å². The minimum atomic E-state index is -0.405. The smallest absolute Gasteiger partial charge is 0.327 e. The third-order valence-corrected chi connectivity index (χ3v) is 2.77. The number of ether oxygens (including phenoxy) is 1. The van der Waals surface area contributed by atoms with Crippen molar-refractivity contribution in [3.05, 3.63) is 0 Å². The monoisotopic (exact) mass is 183 g/mol. The molecule has 0 radical (unpaired) electrons. The quantitative estimate of drug-likeness (QED) is 0.452. The van der Waals surface area contributed by atoms with Crippen LogP contribution in [-0.2, 0) is 14.3 Å². The van der Waals surface area contributed by atoms with Crippen molar-refractivity contribution in [1.82, 2.24) is 4.90 Å². The summed E-state index contributed by atoms with van der Waals surface area (Å²) in [5.74, 6) is -0.130. The first-order valence-corrected chi connectivity index (χ1v) is 4.68. The molecule has 0 aromatic carbocycles. The van der Waals surface area contributed by atoms with Crippen LogP contribution in [0.5, 0.6) is 0 Å². The van der Waals surface area contributed by atoms with E-state index in [1.807, 2.05) is 4.90 Å². The van der Waals surface area contributed by atoms with Gasteiger partial charge in [0.2, 0.25) is 0 Å². The Bertz CT molecular complexity index is 235. The molecule has 1 aliphatic heterocycles. The second-order valence-corrected chi connectivity index (χ2v) is 3.72. The maximum absolute atomic E-state index is 10.9. The normalized spacial score (nSPS) is 34.5. The lowest BCUT2D eigenvalue weighted by Crippen LogP contribution is -2.44. The topological polar surface area (TPSA) is 46.6 Å². The van der Waals surface area contributed by atoms with Gasteiger partial charge in [0.05, 0.1) is 13.1 Å². The lowest BCUT2D eigenvalue weighted by molar-refractivity contribution is -0.167. The van der Waals surface area contributed by atoms with Crippen molar-refractivity contribution < 1.29 is 14.3 Å². The molecule has 2 rings (SSSR count). The van der Waals surface area contributed by atoms with E-state index in [-0.39, 0.29) is 13.1 Å². The number of morpholine rings is 1. The van der Waals surface area contributed by atoms with Crippen LogP contribution < -0.4 is 0 Å². The van der Waals surface area contributed by atoms with E-state index in [1.165, 1.54) is 0 Å². The first-order valence-electron chi connectivity index (χ1n) is 4.68. The maximum Gasteiger partial charge on any atom is 0.327 e. The maximum atomic E-state index is 10.9. The summed E-state index contributed by atoms with van der Waals surface area (Å²) in [7, 11) is 0. The summed E-state index contributed by atoms with van der Waals surface area (Å²) in [5.41, 5.74) is 0. The molecule has 0 spiro atoms. The number of nitrogens with zero attached hydrogens (tertiary/aromatic N) is 1. The SMILES string of the molecule is CCC1CC1N1CC(=O)OC(=O)C1. The summed E-state index contributed by atoms with van der Waals surface area (Å²) < 4.78 is 4.44. The highest BCUT2D eigenvalue weighted by molar-refractivity contribution is 5.90. The first kappa shape index (κ1) is 8.69. The van der Waals surface area contributed by atoms with Gasteiger partial charge in [-0.25, -0.2) is 0 Å². The average molecular weight is 183 g/mol. The van der Waals surface area contributed by atoms with E-state index in [9.17, 15) is 9.59 Å². The van der Waals surface area contributed by atoms with Crippen LogP contribution in [0.25, 0.3) is 0 Å². The molecule has 2 unspecified atom stereocenters. The molecule has 4 nitrogen and oxygen atoms in total. The zero-order valence-corrected chi connectivity index (χ0v) is 7.66. The van der Waals surface area contributed by atoms with Crippen molar-refractivity contribution in [1.29, 1.82) is 0 Å². The van der Waals surface area contributed by atoms with Crippen LogP contribution in [0.3, 0.4) is 0 Å².